The molecule has 0 saturated carbocycles. The lowest BCUT2D eigenvalue weighted by Gasteiger charge is -2.30. The van der Waals surface area contributed by atoms with E-state index in [0.717, 1.165) is 18.4 Å². The summed E-state index contributed by atoms with van der Waals surface area (Å²) >= 11 is 0. The topological polar surface area (TPSA) is 9.23 Å². The molecule has 1 unspecified atom stereocenters. The summed E-state index contributed by atoms with van der Waals surface area (Å²) < 4.78 is 42.9. The third-order valence-corrected chi connectivity index (χ3v) is 3.06. The number of ether oxygens (including phenoxy) is 1. The molecule has 0 aromatic heterocycles. The Balaban J connectivity index is 3.03. The molecule has 1 aromatic carbocycles. The molecule has 18 heavy (non-hydrogen) atoms. The van der Waals surface area contributed by atoms with Crippen LogP contribution in [0.25, 0.3) is 0 Å². The van der Waals surface area contributed by atoms with Gasteiger partial charge in [-0.05, 0) is 24.5 Å². The highest BCUT2D eigenvalue weighted by Gasteiger charge is 2.40. The molecular formula is C14H19F3O. The lowest BCUT2D eigenvalue weighted by molar-refractivity contribution is -0.181. The van der Waals surface area contributed by atoms with Crippen molar-refractivity contribution in [3.05, 3.63) is 35.4 Å². The first-order valence-electron chi connectivity index (χ1n) is 6.02. The predicted octanol–water partition coefficient (Wildman–Crippen LogP) is 4.45. The number of aryl methyl sites for hydroxylation is 1. The number of hydrogen-bond donors (Lipinski definition) is 0. The number of alkyl halides is 3. The average Bonchev–Trinajstić information content (AvgIpc) is 2.27. The molecule has 102 valence electrons. The molecule has 1 atom stereocenters. The first-order chi connectivity index (χ1) is 8.30. The van der Waals surface area contributed by atoms with Gasteiger partial charge in [0.25, 0.3) is 0 Å². The Morgan fingerprint density at radius 1 is 1.22 bits per heavy atom. The number of rotatable bonds is 5. The highest BCUT2D eigenvalue weighted by molar-refractivity contribution is 5.28. The largest absolute Gasteiger partial charge is 0.392 e. The van der Waals surface area contributed by atoms with Crippen LogP contribution in [0.15, 0.2) is 24.3 Å². The summed E-state index contributed by atoms with van der Waals surface area (Å²) in [6.45, 7) is 3.52. The highest BCUT2D eigenvalue weighted by Crippen LogP contribution is 2.37. The van der Waals surface area contributed by atoms with E-state index in [1.54, 1.807) is 18.2 Å². The summed E-state index contributed by atoms with van der Waals surface area (Å²) in [6.07, 6.45) is -3.40. The Kier molecular flexibility index (Phi) is 4.79. The van der Waals surface area contributed by atoms with Crippen LogP contribution in [0.1, 0.15) is 37.8 Å². The van der Waals surface area contributed by atoms with Gasteiger partial charge in [0.1, 0.15) is 0 Å². The van der Waals surface area contributed by atoms with Gasteiger partial charge in [-0.25, -0.2) is 0 Å². The summed E-state index contributed by atoms with van der Waals surface area (Å²) in [5, 5.41) is 0. The van der Waals surface area contributed by atoms with E-state index < -0.39 is 18.2 Å². The van der Waals surface area contributed by atoms with Crippen LogP contribution in [0.2, 0.25) is 0 Å². The second-order valence-electron chi connectivity index (χ2n) is 4.68. The first kappa shape index (κ1) is 15.0. The van der Waals surface area contributed by atoms with Gasteiger partial charge in [0.15, 0.2) is 0 Å². The number of hydrogen-bond acceptors (Lipinski definition) is 1. The van der Waals surface area contributed by atoms with E-state index in [2.05, 4.69) is 0 Å². The molecule has 0 bridgehead atoms. The number of halogens is 3. The zero-order valence-corrected chi connectivity index (χ0v) is 11.0. The van der Waals surface area contributed by atoms with E-state index in [-0.39, 0.29) is 0 Å². The monoisotopic (exact) mass is 260 g/mol. The van der Waals surface area contributed by atoms with Crippen molar-refractivity contribution in [2.75, 3.05) is 7.11 Å². The fraction of sp³-hybridized carbons (Fsp3) is 0.571. The zero-order valence-electron chi connectivity index (χ0n) is 11.0. The smallest absolute Gasteiger partial charge is 0.373 e. The van der Waals surface area contributed by atoms with Crippen LogP contribution in [-0.2, 0) is 16.8 Å². The van der Waals surface area contributed by atoms with Gasteiger partial charge in [-0.15, -0.1) is 0 Å². The first-order valence-corrected chi connectivity index (χ1v) is 6.02. The van der Waals surface area contributed by atoms with Gasteiger partial charge in [-0.1, -0.05) is 37.6 Å². The molecule has 1 rings (SSSR count). The molecule has 0 aliphatic rings. The third kappa shape index (κ3) is 4.02. The van der Waals surface area contributed by atoms with Gasteiger partial charge in [0.05, 0.1) is 12.0 Å². The van der Waals surface area contributed by atoms with E-state index >= 15 is 0 Å². The minimum Gasteiger partial charge on any atom is -0.373 e. The minimum absolute atomic E-state index is 0.577. The van der Waals surface area contributed by atoms with E-state index in [1.165, 1.54) is 14.0 Å². The maximum absolute atomic E-state index is 12.6. The summed E-state index contributed by atoms with van der Waals surface area (Å²) in [4.78, 5) is 0. The highest BCUT2D eigenvalue weighted by atomic mass is 19.4. The van der Waals surface area contributed by atoms with Gasteiger partial charge < -0.3 is 4.74 Å². The normalized spacial score (nSPS) is 15.4. The van der Waals surface area contributed by atoms with Gasteiger partial charge >= 0.3 is 6.18 Å². The van der Waals surface area contributed by atoms with Gasteiger partial charge in [-0.3, -0.25) is 0 Å². The van der Waals surface area contributed by atoms with Crippen molar-refractivity contribution in [1.29, 1.82) is 0 Å². The average molecular weight is 260 g/mol. The second-order valence-corrected chi connectivity index (χ2v) is 4.68. The fourth-order valence-electron chi connectivity index (χ4n) is 2.02. The molecular weight excluding hydrogens is 241 g/mol. The van der Waals surface area contributed by atoms with Crippen molar-refractivity contribution in [2.45, 2.75) is 44.9 Å². The lowest BCUT2D eigenvalue weighted by Crippen LogP contribution is -2.31. The third-order valence-electron chi connectivity index (χ3n) is 3.06. The van der Waals surface area contributed by atoms with E-state index in [9.17, 15) is 13.2 Å². The van der Waals surface area contributed by atoms with Crippen LogP contribution in [0, 0.1) is 0 Å². The molecule has 0 radical (unpaired) electrons. The molecule has 0 aliphatic heterocycles. The molecule has 1 nitrogen and oxygen atoms in total. The molecule has 0 saturated heterocycles. The molecule has 0 aliphatic carbocycles. The van der Waals surface area contributed by atoms with Crippen LogP contribution in [-0.4, -0.2) is 13.3 Å². The Hall–Kier alpha value is -1.03. The Labute approximate surface area is 106 Å². The second kappa shape index (κ2) is 5.74. The van der Waals surface area contributed by atoms with Crippen molar-refractivity contribution in [3.63, 3.8) is 0 Å². The van der Waals surface area contributed by atoms with Crippen LogP contribution >= 0.6 is 0 Å². The molecule has 0 amide bonds. The maximum Gasteiger partial charge on any atom is 0.392 e. The molecule has 0 N–H and O–H groups in total. The van der Waals surface area contributed by atoms with Crippen molar-refractivity contribution in [3.8, 4) is 0 Å². The summed E-state index contributed by atoms with van der Waals surface area (Å²) in [7, 11) is 1.32. The molecule has 1 aromatic rings. The zero-order chi connectivity index (χ0) is 13.8. The predicted molar refractivity (Wildman–Crippen MR) is 65.5 cm³/mol. The van der Waals surface area contributed by atoms with Crippen molar-refractivity contribution < 1.29 is 17.9 Å². The standard InChI is InChI=1S/C14H19F3O/c1-4-6-11-7-5-8-12(9-11)13(2,18-3)10-14(15,16)17/h5,7-9H,4,6,10H2,1-3H3. The molecule has 0 fully saturated rings. The molecule has 0 heterocycles. The van der Waals surface area contributed by atoms with Gasteiger partial charge in [-0.2, -0.15) is 13.2 Å². The van der Waals surface area contributed by atoms with Gasteiger partial charge in [0, 0.05) is 7.11 Å². The number of methoxy groups -OCH3 is 1. The van der Waals surface area contributed by atoms with Crippen LogP contribution in [0.5, 0.6) is 0 Å². The SMILES string of the molecule is CCCc1cccc(C(C)(CC(F)(F)F)OC)c1. The van der Waals surface area contributed by atoms with Crippen LogP contribution in [0.3, 0.4) is 0 Å². The van der Waals surface area contributed by atoms with Crippen LogP contribution in [0.4, 0.5) is 13.2 Å². The summed E-state index contributed by atoms with van der Waals surface area (Å²) in [5.41, 5.74) is 0.302. The summed E-state index contributed by atoms with van der Waals surface area (Å²) in [5.74, 6) is 0. The van der Waals surface area contributed by atoms with Crippen LogP contribution < -0.4 is 0 Å². The van der Waals surface area contributed by atoms with E-state index in [0.29, 0.717) is 5.56 Å². The van der Waals surface area contributed by atoms with Crippen molar-refractivity contribution >= 4 is 0 Å². The number of benzene rings is 1. The summed E-state index contributed by atoms with van der Waals surface area (Å²) in [6, 6.07) is 7.21. The minimum atomic E-state index is -4.24. The molecule has 0 spiro atoms. The van der Waals surface area contributed by atoms with E-state index in [4.69, 9.17) is 4.74 Å². The lowest BCUT2D eigenvalue weighted by atomic mass is 9.90. The van der Waals surface area contributed by atoms with Crippen molar-refractivity contribution in [1.82, 2.24) is 0 Å². The molecule has 4 heteroatoms. The van der Waals surface area contributed by atoms with Gasteiger partial charge in [0.2, 0.25) is 0 Å². The Morgan fingerprint density at radius 3 is 2.39 bits per heavy atom. The Bertz CT molecular complexity index is 387. The fourth-order valence-corrected chi connectivity index (χ4v) is 2.02. The quantitative estimate of drug-likeness (QED) is 0.759. The Morgan fingerprint density at radius 2 is 1.89 bits per heavy atom. The van der Waals surface area contributed by atoms with E-state index in [1.807, 2.05) is 13.0 Å². The van der Waals surface area contributed by atoms with Crippen molar-refractivity contribution in [2.24, 2.45) is 0 Å². The maximum atomic E-state index is 12.6.